The summed E-state index contributed by atoms with van der Waals surface area (Å²) in [4.78, 5) is 17.8. The predicted octanol–water partition coefficient (Wildman–Crippen LogP) is 3.05. The third kappa shape index (κ3) is 12.9. The van der Waals surface area contributed by atoms with Crippen molar-refractivity contribution in [3.8, 4) is 0 Å². The van der Waals surface area contributed by atoms with E-state index in [1.165, 1.54) is 32.1 Å². The van der Waals surface area contributed by atoms with E-state index in [2.05, 4.69) is 42.8 Å². The van der Waals surface area contributed by atoms with E-state index in [0.717, 1.165) is 18.7 Å². The summed E-state index contributed by atoms with van der Waals surface area (Å²) in [5, 5.41) is 9.77. The van der Waals surface area contributed by atoms with Crippen LogP contribution in [-0.4, -0.2) is 66.0 Å². The zero-order chi connectivity index (χ0) is 23.4. The van der Waals surface area contributed by atoms with Gasteiger partial charge in [0, 0.05) is 25.8 Å². The zero-order valence-corrected chi connectivity index (χ0v) is 19.9. The number of rotatable bonds is 20. The van der Waals surface area contributed by atoms with Crippen LogP contribution < -0.4 is 21.7 Å². The number of unbranched alkanes of at least 4 members (excludes halogenated alkanes) is 5. The molecule has 5 N–H and O–H groups in total. The van der Waals surface area contributed by atoms with Crippen molar-refractivity contribution in [1.29, 1.82) is 0 Å². The minimum absolute atomic E-state index is 0.500. The van der Waals surface area contributed by atoms with Gasteiger partial charge in [-0.1, -0.05) is 45.1 Å². The lowest BCUT2D eigenvalue weighted by molar-refractivity contribution is 0.0547. The van der Waals surface area contributed by atoms with E-state index in [1.54, 1.807) is 6.20 Å². The molecule has 2 rings (SSSR count). The van der Waals surface area contributed by atoms with Crippen molar-refractivity contribution in [1.82, 2.24) is 19.9 Å². The molecule has 0 aliphatic rings. The van der Waals surface area contributed by atoms with Crippen molar-refractivity contribution in [2.24, 2.45) is 5.73 Å². The van der Waals surface area contributed by atoms with Gasteiger partial charge in [-0.25, -0.2) is 0 Å². The van der Waals surface area contributed by atoms with Crippen molar-refractivity contribution < 1.29 is 9.47 Å². The highest BCUT2D eigenvalue weighted by molar-refractivity contribution is 5.42. The van der Waals surface area contributed by atoms with Crippen LogP contribution in [0, 0.1) is 0 Å². The van der Waals surface area contributed by atoms with Crippen LogP contribution in [0.2, 0.25) is 0 Å². The van der Waals surface area contributed by atoms with Crippen molar-refractivity contribution in [2.75, 3.05) is 62.0 Å². The molecule has 10 heteroatoms. The Kier molecular flexibility index (Phi) is 14.5. The maximum atomic E-state index is 5.55. The Balaban J connectivity index is 1.82. The Bertz CT molecular complexity index is 736. The molecule has 0 bridgehead atoms. The zero-order valence-electron chi connectivity index (χ0n) is 19.9. The quantitative estimate of drug-likeness (QED) is 0.219. The average molecular weight is 461 g/mol. The summed E-state index contributed by atoms with van der Waals surface area (Å²) in [5.41, 5.74) is 6.30. The summed E-state index contributed by atoms with van der Waals surface area (Å²) in [5.74, 6) is 1.56. The average Bonchev–Trinajstić information content (AvgIpc) is 2.84. The van der Waals surface area contributed by atoms with Gasteiger partial charge in [0.2, 0.25) is 17.8 Å². The van der Waals surface area contributed by atoms with E-state index < -0.39 is 0 Å². The number of ether oxygens (including phenoxy) is 2. The minimum atomic E-state index is 0.500. The highest BCUT2D eigenvalue weighted by atomic mass is 16.5. The molecular weight excluding hydrogens is 420 g/mol. The number of nitrogens with two attached hydrogens (primary N) is 1. The van der Waals surface area contributed by atoms with Crippen molar-refractivity contribution >= 4 is 17.8 Å². The first kappa shape index (κ1) is 26.7. The Morgan fingerprint density at radius 2 is 1.42 bits per heavy atom. The summed E-state index contributed by atoms with van der Waals surface area (Å²) in [7, 11) is 0. The van der Waals surface area contributed by atoms with Gasteiger partial charge in [0.05, 0.1) is 38.7 Å². The van der Waals surface area contributed by atoms with Gasteiger partial charge in [0.15, 0.2) is 0 Å². The summed E-state index contributed by atoms with van der Waals surface area (Å²) >= 11 is 0. The number of aromatic nitrogens is 4. The summed E-state index contributed by atoms with van der Waals surface area (Å²) in [6.45, 7) is 6.85. The molecule has 0 atom stereocenters. The van der Waals surface area contributed by atoms with Crippen molar-refractivity contribution in [2.45, 2.75) is 52.0 Å². The van der Waals surface area contributed by atoms with Gasteiger partial charge in [-0.05, 0) is 18.6 Å². The second kappa shape index (κ2) is 17.9. The number of nitrogens with one attached hydrogen (secondary N) is 3. The number of nitrogens with zero attached hydrogens (tertiary/aromatic N) is 4. The molecule has 0 aliphatic heterocycles. The molecule has 0 saturated heterocycles. The molecule has 0 aromatic carbocycles. The van der Waals surface area contributed by atoms with Crippen LogP contribution in [0.3, 0.4) is 0 Å². The van der Waals surface area contributed by atoms with Crippen LogP contribution in [-0.2, 0) is 16.0 Å². The molecule has 2 aromatic heterocycles. The van der Waals surface area contributed by atoms with Crippen molar-refractivity contribution in [3.05, 3.63) is 30.1 Å². The SMILES string of the molecule is CCCCCCCCNc1nc(NCCOCCOCCN)nc(NCc2ccccn2)n1. The van der Waals surface area contributed by atoms with E-state index in [-0.39, 0.29) is 0 Å². The first-order chi connectivity index (χ1) is 16.3. The topological polar surface area (TPSA) is 132 Å². The molecule has 33 heavy (non-hydrogen) atoms. The lowest BCUT2D eigenvalue weighted by Gasteiger charge is -2.11. The van der Waals surface area contributed by atoms with Crippen LogP contribution in [0.25, 0.3) is 0 Å². The third-order valence-electron chi connectivity index (χ3n) is 4.77. The molecule has 0 amide bonds. The van der Waals surface area contributed by atoms with Crippen LogP contribution >= 0.6 is 0 Å². The molecule has 0 aliphatic carbocycles. The standard InChI is InChI=1S/C23H40N8O2/c1-2-3-4-5-6-8-13-26-21-29-22(27-14-16-33-18-17-32-15-11-24)31-23(30-21)28-19-20-10-7-9-12-25-20/h7,9-10,12H,2-6,8,11,13-19,24H2,1H3,(H3,26,27,28,29,30,31). The Hall–Kier alpha value is -2.56. The van der Waals surface area contributed by atoms with Gasteiger partial charge in [-0.2, -0.15) is 15.0 Å². The second-order valence-electron chi connectivity index (χ2n) is 7.62. The first-order valence-corrected chi connectivity index (χ1v) is 12.0. The van der Waals surface area contributed by atoms with Crippen LogP contribution in [0.15, 0.2) is 24.4 Å². The first-order valence-electron chi connectivity index (χ1n) is 12.0. The van der Waals surface area contributed by atoms with Gasteiger partial charge in [-0.15, -0.1) is 0 Å². The minimum Gasteiger partial charge on any atom is -0.378 e. The lowest BCUT2D eigenvalue weighted by Crippen LogP contribution is -2.17. The van der Waals surface area contributed by atoms with Gasteiger partial charge < -0.3 is 31.2 Å². The molecule has 2 aromatic rings. The van der Waals surface area contributed by atoms with E-state index in [0.29, 0.717) is 63.9 Å². The fraction of sp³-hybridized carbons (Fsp3) is 0.652. The molecule has 184 valence electrons. The van der Waals surface area contributed by atoms with Crippen LogP contribution in [0.1, 0.15) is 51.1 Å². The molecule has 0 fully saturated rings. The molecule has 0 radical (unpaired) electrons. The predicted molar refractivity (Wildman–Crippen MR) is 132 cm³/mol. The molecule has 0 saturated carbocycles. The smallest absolute Gasteiger partial charge is 0.229 e. The largest absolute Gasteiger partial charge is 0.378 e. The maximum Gasteiger partial charge on any atom is 0.229 e. The van der Waals surface area contributed by atoms with Gasteiger partial charge in [0.25, 0.3) is 0 Å². The fourth-order valence-electron chi connectivity index (χ4n) is 3.03. The number of pyridine rings is 1. The normalized spacial score (nSPS) is 10.8. The number of hydrogen-bond acceptors (Lipinski definition) is 10. The van der Waals surface area contributed by atoms with Crippen molar-refractivity contribution in [3.63, 3.8) is 0 Å². The Morgan fingerprint density at radius 3 is 2.12 bits per heavy atom. The molecule has 2 heterocycles. The molecule has 10 nitrogen and oxygen atoms in total. The maximum absolute atomic E-state index is 5.55. The highest BCUT2D eigenvalue weighted by Gasteiger charge is 2.07. The molecule has 0 spiro atoms. The second-order valence-corrected chi connectivity index (χ2v) is 7.62. The van der Waals surface area contributed by atoms with Crippen LogP contribution in [0.4, 0.5) is 17.8 Å². The van der Waals surface area contributed by atoms with Gasteiger partial charge in [0.1, 0.15) is 0 Å². The highest BCUT2D eigenvalue weighted by Crippen LogP contribution is 2.11. The molecular formula is C23H40N8O2. The lowest BCUT2D eigenvalue weighted by atomic mass is 10.1. The Morgan fingerprint density at radius 1 is 0.758 bits per heavy atom. The monoisotopic (exact) mass is 460 g/mol. The number of anilines is 3. The van der Waals surface area contributed by atoms with Crippen LogP contribution in [0.5, 0.6) is 0 Å². The van der Waals surface area contributed by atoms with E-state index in [1.807, 2.05) is 18.2 Å². The van der Waals surface area contributed by atoms with E-state index in [9.17, 15) is 0 Å². The molecule has 0 unspecified atom stereocenters. The fourth-order valence-corrected chi connectivity index (χ4v) is 3.03. The summed E-state index contributed by atoms with van der Waals surface area (Å²) in [6, 6.07) is 5.81. The summed E-state index contributed by atoms with van der Waals surface area (Å²) < 4.78 is 10.8. The van der Waals surface area contributed by atoms with E-state index in [4.69, 9.17) is 15.2 Å². The summed E-state index contributed by atoms with van der Waals surface area (Å²) in [6.07, 6.45) is 9.22. The Labute approximate surface area is 197 Å². The van der Waals surface area contributed by atoms with Gasteiger partial charge in [-0.3, -0.25) is 4.98 Å². The third-order valence-corrected chi connectivity index (χ3v) is 4.77. The van der Waals surface area contributed by atoms with Gasteiger partial charge >= 0.3 is 0 Å². The van der Waals surface area contributed by atoms with E-state index >= 15 is 0 Å². The number of hydrogen-bond donors (Lipinski definition) is 4.